The van der Waals surface area contributed by atoms with E-state index in [0.29, 0.717) is 0 Å². The van der Waals surface area contributed by atoms with Gasteiger partial charge >= 0.3 is 0 Å². The molecule has 19 heavy (non-hydrogen) atoms. The molecule has 0 spiro atoms. The Kier molecular flexibility index (Phi) is 3.25. The van der Waals surface area contributed by atoms with Crippen LogP contribution in [0.25, 0.3) is 11.0 Å². The number of nitrogens with two attached hydrogens (primary N) is 1. The summed E-state index contributed by atoms with van der Waals surface area (Å²) in [5.41, 5.74) is 8.35. The third-order valence-electron chi connectivity index (χ3n) is 3.29. The highest BCUT2D eigenvalue weighted by molar-refractivity contribution is 9.10. The number of fused-ring (bicyclic) bond motifs is 1. The summed E-state index contributed by atoms with van der Waals surface area (Å²) in [5.74, 6) is 0.856. The van der Waals surface area contributed by atoms with Gasteiger partial charge in [-0.25, -0.2) is 0 Å². The van der Waals surface area contributed by atoms with E-state index in [9.17, 15) is 0 Å². The monoisotopic (exact) mass is 335 g/mol. The molecule has 4 heteroatoms. The summed E-state index contributed by atoms with van der Waals surface area (Å²) in [4.78, 5) is 2.40. The molecule has 0 aliphatic rings. The van der Waals surface area contributed by atoms with Gasteiger partial charge in [-0.15, -0.1) is 11.3 Å². The predicted octanol–water partition coefficient (Wildman–Crippen LogP) is 4.92. The van der Waals surface area contributed by atoms with Crippen LogP contribution < -0.4 is 5.73 Å². The predicted molar refractivity (Wildman–Crippen MR) is 83.7 cm³/mol. The third-order valence-corrected chi connectivity index (χ3v) is 4.86. The van der Waals surface area contributed by atoms with E-state index in [0.717, 1.165) is 31.6 Å². The Bertz CT molecular complexity index is 744. The van der Waals surface area contributed by atoms with Crippen molar-refractivity contribution in [1.82, 2.24) is 0 Å². The van der Waals surface area contributed by atoms with Gasteiger partial charge in [-0.1, -0.05) is 15.9 Å². The zero-order valence-corrected chi connectivity index (χ0v) is 13.1. The standard InChI is InChI=1S/C15H14BrNOS/c1-8-3-6-13(19-8)14(17)15-9(2)11-7-10(16)4-5-12(11)18-15/h3-7,14H,17H2,1-2H3. The lowest BCUT2D eigenvalue weighted by molar-refractivity contribution is 0.524. The van der Waals surface area contributed by atoms with Gasteiger partial charge in [0.1, 0.15) is 11.3 Å². The van der Waals surface area contributed by atoms with Gasteiger partial charge in [0.25, 0.3) is 0 Å². The smallest absolute Gasteiger partial charge is 0.134 e. The first-order valence-corrected chi connectivity index (χ1v) is 7.67. The fourth-order valence-corrected chi connectivity index (χ4v) is 3.50. The van der Waals surface area contributed by atoms with Gasteiger partial charge in [0.2, 0.25) is 0 Å². The van der Waals surface area contributed by atoms with Crippen molar-refractivity contribution in [2.45, 2.75) is 19.9 Å². The SMILES string of the molecule is Cc1ccc(C(N)c2oc3ccc(Br)cc3c2C)s1. The highest BCUT2D eigenvalue weighted by atomic mass is 79.9. The van der Waals surface area contributed by atoms with E-state index in [2.05, 4.69) is 48.0 Å². The number of benzene rings is 1. The van der Waals surface area contributed by atoms with E-state index < -0.39 is 0 Å². The van der Waals surface area contributed by atoms with Gasteiger partial charge in [0.15, 0.2) is 0 Å². The summed E-state index contributed by atoms with van der Waals surface area (Å²) in [6.45, 7) is 4.15. The summed E-state index contributed by atoms with van der Waals surface area (Å²) in [5, 5.41) is 1.12. The van der Waals surface area contributed by atoms with Crippen molar-refractivity contribution >= 4 is 38.2 Å². The molecule has 0 radical (unpaired) electrons. The van der Waals surface area contributed by atoms with Crippen LogP contribution in [0.3, 0.4) is 0 Å². The van der Waals surface area contributed by atoms with Gasteiger partial charge in [-0.05, 0) is 44.2 Å². The van der Waals surface area contributed by atoms with Gasteiger partial charge in [-0.3, -0.25) is 0 Å². The van der Waals surface area contributed by atoms with Crippen LogP contribution in [0.5, 0.6) is 0 Å². The molecule has 0 bridgehead atoms. The minimum Gasteiger partial charge on any atom is -0.459 e. The maximum Gasteiger partial charge on any atom is 0.134 e. The number of furan rings is 1. The van der Waals surface area contributed by atoms with Crippen molar-refractivity contribution in [3.63, 3.8) is 0 Å². The molecule has 0 amide bonds. The Balaban J connectivity index is 2.12. The van der Waals surface area contributed by atoms with Crippen LogP contribution >= 0.6 is 27.3 Å². The Labute approximate surface area is 124 Å². The molecule has 2 heterocycles. The molecule has 98 valence electrons. The van der Waals surface area contributed by atoms with Gasteiger partial charge in [0.05, 0.1) is 6.04 Å². The van der Waals surface area contributed by atoms with Gasteiger partial charge in [-0.2, -0.15) is 0 Å². The number of hydrogen-bond acceptors (Lipinski definition) is 3. The van der Waals surface area contributed by atoms with Crippen LogP contribution in [0.15, 0.2) is 39.2 Å². The molecule has 0 saturated heterocycles. The van der Waals surface area contributed by atoms with E-state index >= 15 is 0 Å². The Hall–Kier alpha value is -1.10. The Morgan fingerprint density at radius 1 is 1.21 bits per heavy atom. The number of aryl methyl sites for hydroxylation is 2. The molecule has 2 nitrogen and oxygen atoms in total. The fourth-order valence-electron chi connectivity index (χ4n) is 2.26. The van der Waals surface area contributed by atoms with Crippen LogP contribution in [-0.2, 0) is 0 Å². The van der Waals surface area contributed by atoms with Crippen molar-refractivity contribution in [2.75, 3.05) is 0 Å². The van der Waals surface area contributed by atoms with E-state index in [-0.39, 0.29) is 6.04 Å². The summed E-state index contributed by atoms with van der Waals surface area (Å²) < 4.78 is 6.99. The molecule has 3 rings (SSSR count). The van der Waals surface area contributed by atoms with E-state index in [1.807, 2.05) is 12.1 Å². The van der Waals surface area contributed by atoms with E-state index in [1.54, 1.807) is 11.3 Å². The first-order valence-electron chi connectivity index (χ1n) is 6.06. The molecule has 0 saturated carbocycles. The average Bonchev–Trinajstić information content (AvgIpc) is 2.94. The Morgan fingerprint density at radius 3 is 2.68 bits per heavy atom. The molecular weight excluding hydrogens is 322 g/mol. The number of rotatable bonds is 2. The highest BCUT2D eigenvalue weighted by Gasteiger charge is 2.19. The lowest BCUT2D eigenvalue weighted by Crippen LogP contribution is -2.10. The lowest BCUT2D eigenvalue weighted by atomic mass is 10.1. The number of halogens is 1. The topological polar surface area (TPSA) is 39.2 Å². The second kappa shape index (κ2) is 4.78. The summed E-state index contributed by atoms with van der Waals surface area (Å²) in [6, 6.07) is 10.0. The molecule has 0 aliphatic heterocycles. The molecule has 2 N–H and O–H groups in total. The zero-order valence-electron chi connectivity index (χ0n) is 10.7. The van der Waals surface area contributed by atoms with Crippen LogP contribution in [0, 0.1) is 13.8 Å². The molecule has 0 fully saturated rings. The number of hydrogen-bond donors (Lipinski definition) is 1. The van der Waals surface area contributed by atoms with Crippen molar-refractivity contribution in [3.8, 4) is 0 Å². The van der Waals surface area contributed by atoms with Crippen LogP contribution in [0.4, 0.5) is 0 Å². The summed E-state index contributed by atoms with van der Waals surface area (Å²) >= 11 is 5.21. The maximum atomic E-state index is 6.34. The first-order chi connectivity index (χ1) is 9.06. The Morgan fingerprint density at radius 2 is 2.00 bits per heavy atom. The van der Waals surface area contributed by atoms with Crippen molar-refractivity contribution in [1.29, 1.82) is 0 Å². The normalized spacial score (nSPS) is 13.1. The van der Waals surface area contributed by atoms with Crippen molar-refractivity contribution in [3.05, 3.63) is 55.9 Å². The lowest BCUT2D eigenvalue weighted by Gasteiger charge is -2.07. The second-order valence-electron chi connectivity index (χ2n) is 4.66. The molecule has 3 aromatic rings. The van der Waals surface area contributed by atoms with Crippen molar-refractivity contribution < 1.29 is 4.42 Å². The largest absolute Gasteiger partial charge is 0.459 e. The van der Waals surface area contributed by atoms with Crippen LogP contribution in [0.1, 0.15) is 27.1 Å². The molecule has 1 unspecified atom stereocenters. The molecule has 1 atom stereocenters. The average molecular weight is 336 g/mol. The van der Waals surface area contributed by atoms with E-state index in [4.69, 9.17) is 10.2 Å². The second-order valence-corrected chi connectivity index (χ2v) is 6.89. The van der Waals surface area contributed by atoms with Gasteiger partial charge in [0, 0.05) is 25.2 Å². The fraction of sp³-hybridized carbons (Fsp3) is 0.200. The summed E-state index contributed by atoms with van der Waals surface area (Å²) in [7, 11) is 0. The maximum absolute atomic E-state index is 6.34. The van der Waals surface area contributed by atoms with Crippen LogP contribution in [-0.4, -0.2) is 0 Å². The minimum atomic E-state index is -0.190. The highest BCUT2D eigenvalue weighted by Crippen LogP contribution is 2.34. The molecular formula is C15H14BrNOS. The van der Waals surface area contributed by atoms with Gasteiger partial charge < -0.3 is 10.2 Å². The zero-order chi connectivity index (χ0) is 13.6. The quantitative estimate of drug-likeness (QED) is 0.721. The minimum absolute atomic E-state index is 0.190. The summed E-state index contributed by atoms with van der Waals surface area (Å²) in [6.07, 6.45) is 0. The van der Waals surface area contributed by atoms with Crippen molar-refractivity contribution in [2.24, 2.45) is 5.73 Å². The molecule has 2 aromatic heterocycles. The molecule has 0 aliphatic carbocycles. The third kappa shape index (κ3) is 2.24. The van der Waals surface area contributed by atoms with E-state index in [1.165, 1.54) is 4.88 Å². The molecule has 1 aromatic carbocycles. The number of thiophene rings is 1. The van der Waals surface area contributed by atoms with Crippen LogP contribution in [0.2, 0.25) is 0 Å². The first kappa shape index (κ1) is 12.9.